The standard InChI is InChI=1S/C18H23BrN6O/c1-14-21-17(12-18(22-14)25-8-10-26-11-9-25)24-6-4-23(5-7-24)16-3-2-15(19)13-20-16/h2-3,12-13H,4-11H2,1H3. The number of morpholine rings is 1. The zero-order valence-corrected chi connectivity index (χ0v) is 16.5. The molecule has 0 unspecified atom stereocenters. The summed E-state index contributed by atoms with van der Waals surface area (Å²) in [5.41, 5.74) is 0. The number of piperazine rings is 1. The molecule has 0 spiro atoms. The van der Waals surface area contributed by atoms with Gasteiger partial charge in [0.25, 0.3) is 0 Å². The molecule has 0 amide bonds. The molecule has 2 saturated heterocycles. The topological polar surface area (TPSA) is 57.6 Å². The highest BCUT2D eigenvalue weighted by Gasteiger charge is 2.21. The van der Waals surface area contributed by atoms with E-state index in [1.807, 2.05) is 19.2 Å². The Bertz CT molecular complexity index is 742. The number of nitrogens with zero attached hydrogens (tertiary/aromatic N) is 6. The van der Waals surface area contributed by atoms with Crippen LogP contribution in [-0.2, 0) is 4.74 Å². The van der Waals surface area contributed by atoms with E-state index < -0.39 is 0 Å². The van der Waals surface area contributed by atoms with Gasteiger partial charge in [0.1, 0.15) is 23.3 Å². The molecule has 0 aromatic carbocycles. The highest BCUT2D eigenvalue weighted by atomic mass is 79.9. The van der Waals surface area contributed by atoms with Gasteiger partial charge >= 0.3 is 0 Å². The summed E-state index contributed by atoms with van der Waals surface area (Å²) >= 11 is 3.44. The average molecular weight is 419 g/mol. The van der Waals surface area contributed by atoms with Gasteiger partial charge in [0.2, 0.25) is 0 Å². The summed E-state index contributed by atoms with van der Waals surface area (Å²) < 4.78 is 6.46. The number of hydrogen-bond donors (Lipinski definition) is 0. The highest BCUT2D eigenvalue weighted by molar-refractivity contribution is 9.10. The van der Waals surface area contributed by atoms with Crippen molar-refractivity contribution in [3.05, 3.63) is 34.7 Å². The van der Waals surface area contributed by atoms with Crippen LogP contribution in [-0.4, -0.2) is 67.4 Å². The van der Waals surface area contributed by atoms with Crippen LogP contribution in [0.15, 0.2) is 28.9 Å². The van der Waals surface area contributed by atoms with Gasteiger partial charge in [-0.2, -0.15) is 0 Å². The molecule has 2 aromatic heterocycles. The largest absolute Gasteiger partial charge is 0.378 e. The van der Waals surface area contributed by atoms with Crippen LogP contribution in [0.2, 0.25) is 0 Å². The molecule has 0 saturated carbocycles. The van der Waals surface area contributed by atoms with Gasteiger partial charge < -0.3 is 19.4 Å². The number of rotatable bonds is 3. The van der Waals surface area contributed by atoms with Crippen LogP contribution in [0.4, 0.5) is 17.5 Å². The van der Waals surface area contributed by atoms with E-state index in [1.165, 1.54) is 0 Å². The molecule has 2 fully saturated rings. The van der Waals surface area contributed by atoms with Gasteiger partial charge in [-0.3, -0.25) is 0 Å². The third-order valence-electron chi connectivity index (χ3n) is 4.79. The van der Waals surface area contributed by atoms with Gasteiger partial charge in [-0.25, -0.2) is 15.0 Å². The fraction of sp³-hybridized carbons (Fsp3) is 0.500. The van der Waals surface area contributed by atoms with Crippen LogP contribution in [0.3, 0.4) is 0 Å². The summed E-state index contributed by atoms with van der Waals surface area (Å²) in [6.45, 7) is 8.99. The number of pyridine rings is 1. The van der Waals surface area contributed by atoms with Gasteiger partial charge in [-0.1, -0.05) is 0 Å². The monoisotopic (exact) mass is 418 g/mol. The second-order valence-corrected chi connectivity index (χ2v) is 7.46. The normalized spacial score (nSPS) is 18.3. The van der Waals surface area contributed by atoms with Crippen molar-refractivity contribution in [2.24, 2.45) is 0 Å². The summed E-state index contributed by atoms with van der Waals surface area (Å²) in [4.78, 5) is 20.8. The lowest BCUT2D eigenvalue weighted by Crippen LogP contribution is -2.47. The Morgan fingerprint density at radius 2 is 1.42 bits per heavy atom. The van der Waals surface area contributed by atoms with Crippen LogP contribution >= 0.6 is 15.9 Å². The third kappa shape index (κ3) is 3.91. The molecule has 0 bridgehead atoms. The first kappa shape index (κ1) is 17.5. The second kappa shape index (κ2) is 7.75. The van der Waals surface area contributed by atoms with Crippen molar-refractivity contribution < 1.29 is 4.74 Å². The Morgan fingerprint density at radius 3 is 2.00 bits per heavy atom. The number of aryl methyl sites for hydroxylation is 1. The molecule has 0 N–H and O–H groups in total. The summed E-state index contributed by atoms with van der Waals surface area (Å²) in [6, 6.07) is 6.22. The average Bonchev–Trinajstić information content (AvgIpc) is 2.69. The molecular weight excluding hydrogens is 396 g/mol. The minimum absolute atomic E-state index is 0.761. The Labute approximate surface area is 162 Å². The molecule has 2 aliphatic rings. The summed E-state index contributed by atoms with van der Waals surface area (Å²) in [5.74, 6) is 3.87. The molecule has 0 radical (unpaired) electrons. The zero-order valence-electron chi connectivity index (χ0n) is 14.9. The van der Waals surface area contributed by atoms with Crippen LogP contribution < -0.4 is 14.7 Å². The van der Waals surface area contributed by atoms with Gasteiger partial charge in [-0.15, -0.1) is 0 Å². The Morgan fingerprint density at radius 1 is 0.846 bits per heavy atom. The summed E-state index contributed by atoms with van der Waals surface area (Å²) in [7, 11) is 0. The summed E-state index contributed by atoms with van der Waals surface area (Å²) in [5, 5.41) is 0. The number of anilines is 3. The molecule has 8 heteroatoms. The number of hydrogen-bond acceptors (Lipinski definition) is 7. The predicted molar refractivity (Wildman–Crippen MR) is 106 cm³/mol. The van der Waals surface area contributed by atoms with Crippen molar-refractivity contribution in [3.63, 3.8) is 0 Å². The van der Waals surface area contributed by atoms with Crippen LogP contribution in [0, 0.1) is 6.92 Å². The third-order valence-corrected chi connectivity index (χ3v) is 5.25. The summed E-state index contributed by atoms with van der Waals surface area (Å²) in [6.07, 6.45) is 1.85. The van der Waals surface area contributed by atoms with E-state index >= 15 is 0 Å². The molecule has 7 nitrogen and oxygen atoms in total. The zero-order chi connectivity index (χ0) is 17.9. The molecule has 2 aromatic rings. The van der Waals surface area contributed by atoms with E-state index in [9.17, 15) is 0 Å². The van der Waals surface area contributed by atoms with Crippen molar-refractivity contribution >= 4 is 33.4 Å². The number of ether oxygens (including phenoxy) is 1. The van der Waals surface area contributed by atoms with Gasteiger partial charge in [0.15, 0.2) is 0 Å². The molecule has 0 atom stereocenters. The van der Waals surface area contributed by atoms with Crippen LogP contribution in [0.25, 0.3) is 0 Å². The lowest BCUT2D eigenvalue weighted by molar-refractivity contribution is 0.122. The first-order chi connectivity index (χ1) is 12.7. The van der Waals surface area contributed by atoms with E-state index in [4.69, 9.17) is 4.74 Å². The first-order valence-corrected chi connectivity index (χ1v) is 9.78. The van der Waals surface area contributed by atoms with Gasteiger partial charge in [0.05, 0.1) is 13.2 Å². The van der Waals surface area contributed by atoms with E-state index in [0.29, 0.717) is 0 Å². The van der Waals surface area contributed by atoms with Crippen molar-refractivity contribution in [2.45, 2.75) is 6.92 Å². The fourth-order valence-corrected chi connectivity index (χ4v) is 3.61. The molecule has 26 heavy (non-hydrogen) atoms. The molecule has 138 valence electrons. The van der Waals surface area contributed by atoms with E-state index in [2.05, 4.69) is 57.7 Å². The van der Waals surface area contributed by atoms with Crippen molar-refractivity contribution in [3.8, 4) is 0 Å². The highest BCUT2D eigenvalue weighted by Crippen LogP contribution is 2.23. The van der Waals surface area contributed by atoms with Gasteiger partial charge in [-0.05, 0) is 35.0 Å². The Hall–Kier alpha value is -1.93. The van der Waals surface area contributed by atoms with Crippen LogP contribution in [0.5, 0.6) is 0 Å². The number of halogens is 1. The minimum Gasteiger partial charge on any atom is -0.378 e. The SMILES string of the molecule is Cc1nc(N2CCOCC2)cc(N2CCN(c3ccc(Br)cn3)CC2)n1. The van der Waals surface area contributed by atoms with Crippen molar-refractivity contribution in [2.75, 3.05) is 67.2 Å². The molecule has 4 rings (SSSR count). The van der Waals surface area contributed by atoms with Gasteiger partial charge in [0, 0.05) is 56.0 Å². The minimum atomic E-state index is 0.761. The van der Waals surface area contributed by atoms with E-state index in [0.717, 1.165) is 80.2 Å². The molecule has 0 aliphatic carbocycles. The van der Waals surface area contributed by atoms with Crippen LogP contribution in [0.1, 0.15) is 5.82 Å². The molecule has 2 aliphatic heterocycles. The van der Waals surface area contributed by atoms with E-state index in [1.54, 1.807) is 0 Å². The quantitative estimate of drug-likeness (QED) is 0.756. The molecular formula is C18H23BrN6O. The second-order valence-electron chi connectivity index (χ2n) is 6.54. The van der Waals surface area contributed by atoms with E-state index in [-0.39, 0.29) is 0 Å². The predicted octanol–water partition coefficient (Wildman–Crippen LogP) is 2.11. The lowest BCUT2D eigenvalue weighted by Gasteiger charge is -2.36. The molecule has 4 heterocycles. The van der Waals surface area contributed by atoms with Crippen molar-refractivity contribution in [1.82, 2.24) is 15.0 Å². The lowest BCUT2D eigenvalue weighted by atomic mass is 10.3. The smallest absolute Gasteiger partial charge is 0.134 e. The van der Waals surface area contributed by atoms with Crippen molar-refractivity contribution in [1.29, 1.82) is 0 Å². The maximum atomic E-state index is 5.45. The first-order valence-electron chi connectivity index (χ1n) is 8.99. The Kier molecular flexibility index (Phi) is 5.21. The number of aromatic nitrogens is 3. The maximum Gasteiger partial charge on any atom is 0.134 e. The maximum absolute atomic E-state index is 5.45. The Balaban J connectivity index is 1.45. The fourth-order valence-electron chi connectivity index (χ4n) is 3.37.